The van der Waals surface area contributed by atoms with Gasteiger partial charge in [0.05, 0.1) is 12.1 Å². The Hall–Kier alpha value is -4.05. The zero-order valence-corrected chi connectivity index (χ0v) is 18.2. The summed E-state index contributed by atoms with van der Waals surface area (Å²) in [6.07, 6.45) is 6.08. The summed E-state index contributed by atoms with van der Waals surface area (Å²) in [5.74, 6) is 0.390. The lowest BCUT2D eigenvalue weighted by Crippen LogP contribution is -2.59. The maximum absolute atomic E-state index is 13.2. The van der Waals surface area contributed by atoms with Crippen LogP contribution in [0.4, 0.5) is 11.6 Å². The standard InChI is InChI=1S/C23H25N7O3/c1-33-13-19-23(32)29(12-16-2-5-17-18(10-16)27-14-28-22(17)25)8-9-30(19)21(31)7-4-15-3-6-20(24)26-11-15/h2-7,10-11,14,19H,8-9,12-13H2,1H3,(H2,24,26)(H2,25,27,28)/b7-4+. The Kier molecular flexibility index (Phi) is 6.45. The van der Waals surface area contributed by atoms with Gasteiger partial charge in [-0.15, -0.1) is 0 Å². The van der Waals surface area contributed by atoms with Gasteiger partial charge in [0.2, 0.25) is 11.8 Å². The lowest BCUT2D eigenvalue weighted by atomic mass is 10.1. The number of benzene rings is 1. The van der Waals surface area contributed by atoms with Gasteiger partial charge in [-0.05, 0) is 41.5 Å². The zero-order chi connectivity index (χ0) is 23.4. The Morgan fingerprint density at radius 1 is 1.18 bits per heavy atom. The van der Waals surface area contributed by atoms with E-state index < -0.39 is 6.04 Å². The number of hydrogen-bond donors (Lipinski definition) is 2. The van der Waals surface area contributed by atoms with Crippen LogP contribution >= 0.6 is 0 Å². The van der Waals surface area contributed by atoms with Crippen molar-refractivity contribution in [3.05, 3.63) is 60.1 Å². The minimum Gasteiger partial charge on any atom is -0.384 e. The Labute approximate surface area is 190 Å². The van der Waals surface area contributed by atoms with Crippen molar-refractivity contribution in [2.75, 3.05) is 38.3 Å². The number of carbonyl (C=O) groups excluding carboxylic acids is 2. The van der Waals surface area contributed by atoms with E-state index in [4.69, 9.17) is 16.2 Å². The fraction of sp³-hybridized carbons (Fsp3) is 0.261. The molecule has 1 fully saturated rings. The first-order chi connectivity index (χ1) is 16.0. The average Bonchev–Trinajstić information content (AvgIpc) is 2.81. The van der Waals surface area contributed by atoms with Crippen molar-refractivity contribution in [2.24, 2.45) is 0 Å². The molecule has 0 radical (unpaired) electrons. The number of methoxy groups -OCH3 is 1. The first-order valence-corrected chi connectivity index (χ1v) is 10.4. The molecule has 10 nitrogen and oxygen atoms in total. The third kappa shape index (κ3) is 4.90. The van der Waals surface area contributed by atoms with Crippen LogP contribution in [-0.2, 0) is 20.9 Å². The van der Waals surface area contributed by atoms with E-state index in [-0.39, 0.29) is 18.4 Å². The van der Waals surface area contributed by atoms with Crippen LogP contribution in [0.1, 0.15) is 11.1 Å². The van der Waals surface area contributed by atoms with Crippen molar-refractivity contribution in [1.82, 2.24) is 24.8 Å². The summed E-state index contributed by atoms with van der Waals surface area (Å²) < 4.78 is 5.26. The second-order valence-corrected chi connectivity index (χ2v) is 7.72. The zero-order valence-electron chi connectivity index (χ0n) is 18.2. The lowest BCUT2D eigenvalue weighted by Gasteiger charge is -2.40. The Bertz CT molecular complexity index is 1200. The van der Waals surface area contributed by atoms with E-state index in [0.717, 1.165) is 22.0 Å². The number of ether oxygens (including phenoxy) is 1. The van der Waals surface area contributed by atoms with E-state index in [2.05, 4.69) is 15.0 Å². The molecule has 10 heteroatoms. The van der Waals surface area contributed by atoms with E-state index >= 15 is 0 Å². The van der Waals surface area contributed by atoms with Gasteiger partial charge in [-0.25, -0.2) is 15.0 Å². The highest BCUT2D eigenvalue weighted by molar-refractivity contribution is 5.96. The van der Waals surface area contributed by atoms with Gasteiger partial charge in [-0.3, -0.25) is 9.59 Å². The summed E-state index contributed by atoms with van der Waals surface area (Å²) in [4.78, 5) is 41.6. The average molecular weight is 447 g/mol. The number of piperazine rings is 1. The molecular weight excluding hydrogens is 422 g/mol. The molecule has 0 bridgehead atoms. The van der Waals surface area contributed by atoms with Gasteiger partial charge in [0.1, 0.15) is 24.0 Å². The molecule has 170 valence electrons. The molecule has 1 unspecified atom stereocenters. The molecule has 1 atom stereocenters. The molecular formula is C23H25N7O3. The highest BCUT2D eigenvalue weighted by atomic mass is 16.5. The molecule has 1 aliphatic rings. The number of pyridine rings is 1. The first-order valence-electron chi connectivity index (χ1n) is 10.4. The highest BCUT2D eigenvalue weighted by Crippen LogP contribution is 2.21. The monoisotopic (exact) mass is 447 g/mol. The molecule has 0 saturated carbocycles. The maximum Gasteiger partial charge on any atom is 0.248 e. The number of hydrogen-bond acceptors (Lipinski definition) is 8. The molecule has 1 saturated heterocycles. The van der Waals surface area contributed by atoms with Crippen molar-refractivity contribution >= 4 is 40.4 Å². The predicted octanol–water partition coefficient (Wildman–Crippen LogP) is 1.09. The predicted molar refractivity (Wildman–Crippen MR) is 124 cm³/mol. The molecule has 33 heavy (non-hydrogen) atoms. The smallest absolute Gasteiger partial charge is 0.248 e. The van der Waals surface area contributed by atoms with Crippen LogP contribution in [0, 0.1) is 0 Å². The molecule has 0 spiro atoms. The van der Waals surface area contributed by atoms with Gasteiger partial charge in [0.25, 0.3) is 0 Å². The summed E-state index contributed by atoms with van der Waals surface area (Å²) in [5.41, 5.74) is 13.9. The van der Waals surface area contributed by atoms with Gasteiger partial charge in [0, 0.05) is 44.4 Å². The minimum absolute atomic E-state index is 0.111. The number of aromatic nitrogens is 3. The molecule has 2 amide bonds. The summed E-state index contributed by atoms with van der Waals surface area (Å²) in [7, 11) is 1.51. The van der Waals surface area contributed by atoms with Crippen LogP contribution in [0.2, 0.25) is 0 Å². The number of amides is 2. The second-order valence-electron chi connectivity index (χ2n) is 7.72. The summed E-state index contributed by atoms with van der Waals surface area (Å²) >= 11 is 0. The lowest BCUT2D eigenvalue weighted by molar-refractivity contribution is -0.152. The summed E-state index contributed by atoms with van der Waals surface area (Å²) in [5, 5.41) is 0.767. The van der Waals surface area contributed by atoms with Crippen molar-refractivity contribution in [1.29, 1.82) is 0 Å². The number of nitrogens with zero attached hydrogens (tertiary/aromatic N) is 5. The van der Waals surface area contributed by atoms with Gasteiger partial charge in [-0.1, -0.05) is 6.07 Å². The SMILES string of the molecule is COCC1C(=O)N(Cc2ccc3c(N)ncnc3c2)CCN1C(=O)/C=C/c1ccc(N)nc1. The molecule has 3 aromatic rings. The summed E-state index contributed by atoms with van der Waals surface area (Å²) in [6.45, 7) is 1.31. The highest BCUT2D eigenvalue weighted by Gasteiger charge is 2.36. The minimum atomic E-state index is -0.705. The third-order valence-electron chi connectivity index (χ3n) is 5.52. The maximum atomic E-state index is 13.2. The topological polar surface area (TPSA) is 141 Å². The normalized spacial score (nSPS) is 16.6. The van der Waals surface area contributed by atoms with Crippen molar-refractivity contribution < 1.29 is 14.3 Å². The largest absolute Gasteiger partial charge is 0.384 e. The van der Waals surface area contributed by atoms with Crippen LogP contribution in [0.3, 0.4) is 0 Å². The van der Waals surface area contributed by atoms with Gasteiger partial charge in [-0.2, -0.15) is 0 Å². The Morgan fingerprint density at radius 3 is 2.79 bits per heavy atom. The van der Waals surface area contributed by atoms with E-state index in [9.17, 15) is 9.59 Å². The van der Waals surface area contributed by atoms with Crippen LogP contribution in [0.5, 0.6) is 0 Å². The molecule has 0 aliphatic carbocycles. The molecule has 1 aromatic carbocycles. The number of rotatable bonds is 6. The van der Waals surface area contributed by atoms with Crippen molar-refractivity contribution in [2.45, 2.75) is 12.6 Å². The number of anilines is 2. The van der Waals surface area contributed by atoms with E-state index in [1.807, 2.05) is 18.2 Å². The van der Waals surface area contributed by atoms with Crippen LogP contribution in [0.15, 0.2) is 48.9 Å². The number of fused-ring (bicyclic) bond motifs is 1. The van der Waals surface area contributed by atoms with Gasteiger partial charge < -0.3 is 26.0 Å². The van der Waals surface area contributed by atoms with Gasteiger partial charge in [0.15, 0.2) is 0 Å². The van der Waals surface area contributed by atoms with Crippen LogP contribution < -0.4 is 11.5 Å². The van der Waals surface area contributed by atoms with Crippen LogP contribution in [0.25, 0.3) is 17.0 Å². The summed E-state index contributed by atoms with van der Waals surface area (Å²) in [6, 6.07) is 8.38. The van der Waals surface area contributed by atoms with Gasteiger partial charge >= 0.3 is 0 Å². The molecule has 1 aliphatic heterocycles. The molecule has 4 N–H and O–H groups in total. The fourth-order valence-corrected chi connectivity index (χ4v) is 3.80. The second kappa shape index (κ2) is 9.61. The molecule has 3 heterocycles. The molecule has 4 rings (SSSR count). The number of nitrogens with two attached hydrogens (primary N) is 2. The number of carbonyl (C=O) groups is 2. The quantitative estimate of drug-likeness (QED) is 0.535. The first kappa shape index (κ1) is 22.2. The van der Waals surface area contributed by atoms with Crippen molar-refractivity contribution in [3.8, 4) is 0 Å². The van der Waals surface area contributed by atoms with Crippen LogP contribution in [-0.4, -0.2) is 69.4 Å². The van der Waals surface area contributed by atoms with E-state index in [0.29, 0.717) is 31.3 Å². The fourth-order valence-electron chi connectivity index (χ4n) is 3.80. The van der Waals surface area contributed by atoms with E-state index in [1.54, 1.807) is 29.3 Å². The Balaban J connectivity index is 1.48. The molecule has 2 aromatic heterocycles. The van der Waals surface area contributed by atoms with E-state index in [1.165, 1.54) is 24.4 Å². The van der Waals surface area contributed by atoms with Crippen molar-refractivity contribution in [3.63, 3.8) is 0 Å². The Morgan fingerprint density at radius 2 is 2.03 bits per heavy atom. The third-order valence-corrected chi connectivity index (χ3v) is 5.52. The number of nitrogen functional groups attached to an aromatic ring is 2.